The van der Waals surface area contributed by atoms with Gasteiger partial charge < -0.3 is 9.84 Å². The molecule has 17 heavy (non-hydrogen) atoms. The lowest BCUT2D eigenvalue weighted by Gasteiger charge is -2.07. The van der Waals surface area contributed by atoms with E-state index in [2.05, 4.69) is 4.98 Å². The van der Waals surface area contributed by atoms with Crippen LogP contribution in [0.3, 0.4) is 0 Å². The Kier molecular flexibility index (Phi) is 3.61. The van der Waals surface area contributed by atoms with E-state index in [9.17, 15) is 4.79 Å². The second kappa shape index (κ2) is 5.16. The lowest BCUT2D eigenvalue weighted by atomic mass is 10.2. The Morgan fingerprint density at radius 1 is 1.53 bits per heavy atom. The van der Waals surface area contributed by atoms with Gasteiger partial charge in [-0.2, -0.15) is 0 Å². The number of carboxylic acid groups (broad SMARTS) is 1. The molecule has 1 aromatic heterocycles. The van der Waals surface area contributed by atoms with Crippen molar-refractivity contribution in [1.29, 1.82) is 0 Å². The summed E-state index contributed by atoms with van der Waals surface area (Å²) >= 11 is 7.24. The van der Waals surface area contributed by atoms with Crippen molar-refractivity contribution in [3.63, 3.8) is 0 Å². The van der Waals surface area contributed by atoms with Gasteiger partial charge in [-0.25, -0.2) is 9.78 Å². The van der Waals surface area contributed by atoms with Crippen LogP contribution < -0.4 is 4.74 Å². The number of rotatable bonds is 4. The van der Waals surface area contributed by atoms with Crippen LogP contribution in [0.25, 0.3) is 0 Å². The summed E-state index contributed by atoms with van der Waals surface area (Å²) in [5.74, 6) is -0.795. The zero-order valence-corrected chi connectivity index (χ0v) is 10.2. The van der Waals surface area contributed by atoms with Crippen molar-refractivity contribution >= 4 is 28.9 Å². The SMILES string of the molecule is O=C(O)c1ccc(Cl)cc1OCc1nccs1. The van der Waals surface area contributed by atoms with Gasteiger partial charge in [-0.05, 0) is 18.2 Å². The van der Waals surface area contributed by atoms with Gasteiger partial charge in [-0.15, -0.1) is 11.3 Å². The number of benzene rings is 1. The van der Waals surface area contributed by atoms with Gasteiger partial charge in [0.25, 0.3) is 0 Å². The Morgan fingerprint density at radius 3 is 3.00 bits per heavy atom. The Balaban J connectivity index is 2.19. The van der Waals surface area contributed by atoms with Gasteiger partial charge in [0.2, 0.25) is 0 Å². The highest BCUT2D eigenvalue weighted by atomic mass is 35.5. The largest absolute Gasteiger partial charge is 0.485 e. The predicted octanol–water partition coefficient (Wildman–Crippen LogP) is 3.07. The maximum atomic E-state index is 11.0. The summed E-state index contributed by atoms with van der Waals surface area (Å²) in [5, 5.41) is 12.0. The first kappa shape index (κ1) is 11.9. The van der Waals surface area contributed by atoms with E-state index in [0.717, 1.165) is 5.01 Å². The van der Waals surface area contributed by atoms with Crippen LogP contribution >= 0.6 is 22.9 Å². The van der Waals surface area contributed by atoms with Gasteiger partial charge >= 0.3 is 5.97 Å². The van der Waals surface area contributed by atoms with E-state index in [-0.39, 0.29) is 17.9 Å². The third-order valence-electron chi connectivity index (χ3n) is 2.01. The van der Waals surface area contributed by atoms with Crippen LogP contribution in [-0.2, 0) is 6.61 Å². The summed E-state index contributed by atoms with van der Waals surface area (Å²) in [7, 11) is 0. The van der Waals surface area contributed by atoms with Crippen molar-refractivity contribution in [1.82, 2.24) is 4.98 Å². The molecule has 0 atom stereocenters. The van der Waals surface area contributed by atoms with Crippen molar-refractivity contribution in [3.8, 4) is 5.75 Å². The minimum Gasteiger partial charge on any atom is -0.485 e. The predicted molar refractivity (Wildman–Crippen MR) is 64.9 cm³/mol. The van der Waals surface area contributed by atoms with Crippen LogP contribution in [0.4, 0.5) is 0 Å². The summed E-state index contributed by atoms with van der Waals surface area (Å²) in [6, 6.07) is 4.42. The average molecular weight is 270 g/mol. The smallest absolute Gasteiger partial charge is 0.339 e. The summed E-state index contributed by atoms with van der Waals surface area (Å²) < 4.78 is 5.41. The van der Waals surface area contributed by atoms with Crippen LogP contribution in [0.15, 0.2) is 29.8 Å². The van der Waals surface area contributed by atoms with Crippen molar-refractivity contribution in [2.24, 2.45) is 0 Å². The second-order valence-corrected chi connectivity index (χ2v) is 4.58. The number of halogens is 1. The highest BCUT2D eigenvalue weighted by Crippen LogP contribution is 2.24. The van der Waals surface area contributed by atoms with E-state index >= 15 is 0 Å². The molecule has 2 rings (SSSR count). The maximum absolute atomic E-state index is 11.0. The molecule has 0 saturated heterocycles. The summed E-state index contributed by atoms with van der Waals surface area (Å²) in [4.78, 5) is 15.0. The number of hydrogen-bond acceptors (Lipinski definition) is 4. The number of thiazole rings is 1. The Hall–Kier alpha value is -1.59. The van der Waals surface area contributed by atoms with Crippen molar-refractivity contribution < 1.29 is 14.6 Å². The van der Waals surface area contributed by atoms with E-state index in [0.29, 0.717) is 5.02 Å². The van der Waals surface area contributed by atoms with E-state index in [1.807, 2.05) is 5.38 Å². The maximum Gasteiger partial charge on any atom is 0.339 e. The zero-order chi connectivity index (χ0) is 12.3. The molecule has 0 amide bonds. The number of nitrogens with zero attached hydrogens (tertiary/aromatic N) is 1. The second-order valence-electron chi connectivity index (χ2n) is 3.16. The van der Waals surface area contributed by atoms with E-state index < -0.39 is 5.97 Å². The fourth-order valence-electron chi connectivity index (χ4n) is 1.26. The molecule has 0 aliphatic carbocycles. The van der Waals surface area contributed by atoms with Crippen molar-refractivity contribution in [2.75, 3.05) is 0 Å². The number of carboxylic acids is 1. The molecule has 88 valence electrons. The molecule has 2 aromatic rings. The van der Waals surface area contributed by atoms with E-state index in [1.54, 1.807) is 6.20 Å². The number of aromatic carboxylic acids is 1. The molecule has 0 aliphatic heterocycles. The van der Waals surface area contributed by atoms with Gasteiger partial charge in [-0.3, -0.25) is 0 Å². The fraction of sp³-hybridized carbons (Fsp3) is 0.0909. The van der Waals surface area contributed by atoms with Gasteiger partial charge in [0.1, 0.15) is 22.9 Å². The molecule has 4 nitrogen and oxygen atoms in total. The lowest BCUT2D eigenvalue weighted by molar-refractivity contribution is 0.0692. The third kappa shape index (κ3) is 2.95. The van der Waals surface area contributed by atoms with Crippen LogP contribution in [0.2, 0.25) is 5.02 Å². The van der Waals surface area contributed by atoms with Gasteiger partial charge in [0.05, 0.1) is 0 Å². The zero-order valence-electron chi connectivity index (χ0n) is 8.59. The Labute approximate surface area is 106 Å². The molecular weight excluding hydrogens is 262 g/mol. The molecule has 0 unspecified atom stereocenters. The quantitative estimate of drug-likeness (QED) is 0.927. The fourth-order valence-corrected chi connectivity index (χ4v) is 1.95. The van der Waals surface area contributed by atoms with Gasteiger partial charge in [0.15, 0.2) is 0 Å². The van der Waals surface area contributed by atoms with Gasteiger partial charge in [-0.1, -0.05) is 11.6 Å². The normalized spacial score (nSPS) is 10.2. The van der Waals surface area contributed by atoms with E-state index in [1.165, 1.54) is 29.5 Å². The molecule has 0 saturated carbocycles. The first-order chi connectivity index (χ1) is 8.16. The monoisotopic (exact) mass is 269 g/mol. The molecule has 0 radical (unpaired) electrons. The van der Waals surface area contributed by atoms with Gasteiger partial charge in [0, 0.05) is 16.6 Å². The van der Waals surface area contributed by atoms with Crippen LogP contribution in [0.5, 0.6) is 5.75 Å². The minimum absolute atomic E-state index is 0.0888. The molecular formula is C11H8ClNO3S. The summed E-state index contributed by atoms with van der Waals surface area (Å²) in [5.41, 5.74) is 0.0888. The molecule has 0 spiro atoms. The number of aromatic nitrogens is 1. The molecule has 1 N–H and O–H groups in total. The van der Waals surface area contributed by atoms with Crippen molar-refractivity contribution in [3.05, 3.63) is 45.4 Å². The topological polar surface area (TPSA) is 59.4 Å². The Bertz CT molecular complexity index is 528. The summed E-state index contributed by atoms with van der Waals surface area (Å²) in [6.45, 7) is 0.234. The molecule has 1 heterocycles. The first-order valence-electron chi connectivity index (χ1n) is 4.71. The average Bonchev–Trinajstić information content (AvgIpc) is 2.78. The summed E-state index contributed by atoms with van der Waals surface area (Å²) in [6.07, 6.45) is 1.67. The van der Waals surface area contributed by atoms with Crippen LogP contribution in [-0.4, -0.2) is 16.1 Å². The van der Waals surface area contributed by atoms with Crippen LogP contribution in [0.1, 0.15) is 15.4 Å². The van der Waals surface area contributed by atoms with E-state index in [4.69, 9.17) is 21.4 Å². The number of hydrogen-bond donors (Lipinski definition) is 1. The molecule has 0 fully saturated rings. The highest BCUT2D eigenvalue weighted by molar-refractivity contribution is 7.09. The minimum atomic E-state index is -1.05. The molecule has 6 heteroatoms. The standard InChI is InChI=1S/C11H8ClNO3S/c12-7-1-2-8(11(14)15)9(5-7)16-6-10-13-3-4-17-10/h1-5H,6H2,(H,14,15). The first-order valence-corrected chi connectivity index (χ1v) is 5.96. The number of carbonyl (C=O) groups is 1. The molecule has 1 aromatic carbocycles. The number of ether oxygens (including phenoxy) is 1. The lowest BCUT2D eigenvalue weighted by Crippen LogP contribution is -2.03. The molecule has 0 aliphatic rings. The molecule has 0 bridgehead atoms. The van der Waals surface area contributed by atoms with Crippen LogP contribution in [0, 0.1) is 0 Å². The van der Waals surface area contributed by atoms with Crippen molar-refractivity contribution in [2.45, 2.75) is 6.61 Å². The Morgan fingerprint density at radius 2 is 2.35 bits per heavy atom. The highest BCUT2D eigenvalue weighted by Gasteiger charge is 2.12. The third-order valence-corrected chi connectivity index (χ3v) is 3.00.